The van der Waals surface area contributed by atoms with Gasteiger partial charge in [0.1, 0.15) is 4.88 Å². The van der Waals surface area contributed by atoms with Crippen LogP contribution in [-0.2, 0) is 11.3 Å². The fraction of sp³-hybridized carbons (Fsp3) is 0.100. The lowest BCUT2D eigenvalue weighted by Gasteiger charge is -2.06. The third-order valence-electron chi connectivity index (χ3n) is 4.51. The number of carbonyl (C=O) groups is 2. The molecule has 4 aromatic rings. The van der Waals surface area contributed by atoms with E-state index in [0.29, 0.717) is 26.5 Å². The molecule has 162 valence electrons. The SMILES string of the molecule is COC(=O)c1sc2cc(NC(=O)c3ccc(Cn4cnc([N+](=O)[O-])n4)cc3)ccc2c1Cl. The zero-order valence-electron chi connectivity index (χ0n) is 16.4. The number of aromatic nitrogens is 3. The van der Waals surface area contributed by atoms with Gasteiger partial charge in [-0.1, -0.05) is 28.7 Å². The number of anilines is 1. The molecular weight excluding hydrogens is 458 g/mol. The van der Waals surface area contributed by atoms with E-state index in [1.54, 1.807) is 42.5 Å². The number of amides is 1. The summed E-state index contributed by atoms with van der Waals surface area (Å²) in [6.07, 6.45) is 1.28. The van der Waals surface area contributed by atoms with Gasteiger partial charge in [-0.05, 0) is 40.8 Å². The Morgan fingerprint density at radius 3 is 2.66 bits per heavy atom. The number of methoxy groups -OCH3 is 1. The molecule has 12 heteroatoms. The van der Waals surface area contributed by atoms with Gasteiger partial charge in [0.2, 0.25) is 6.33 Å². The number of esters is 1. The van der Waals surface area contributed by atoms with E-state index in [2.05, 4.69) is 15.4 Å². The van der Waals surface area contributed by atoms with Gasteiger partial charge in [0, 0.05) is 26.4 Å². The Bertz CT molecular complexity index is 1350. The minimum Gasteiger partial charge on any atom is -0.465 e. The van der Waals surface area contributed by atoms with E-state index in [1.807, 2.05) is 0 Å². The Labute approximate surface area is 189 Å². The quantitative estimate of drug-likeness (QED) is 0.254. The zero-order chi connectivity index (χ0) is 22.8. The van der Waals surface area contributed by atoms with E-state index in [-0.39, 0.29) is 12.5 Å². The Hall–Kier alpha value is -3.83. The van der Waals surface area contributed by atoms with Crippen LogP contribution in [0, 0.1) is 10.1 Å². The summed E-state index contributed by atoms with van der Waals surface area (Å²) in [7, 11) is 1.29. The lowest BCUT2D eigenvalue weighted by molar-refractivity contribution is -0.394. The molecule has 32 heavy (non-hydrogen) atoms. The van der Waals surface area contributed by atoms with Crippen molar-refractivity contribution < 1.29 is 19.2 Å². The van der Waals surface area contributed by atoms with Gasteiger partial charge >= 0.3 is 11.9 Å². The summed E-state index contributed by atoms with van der Waals surface area (Å²) in [5.41, 5.74) is 1.78. The lowest BCUT2D eigenvalue weighted by atomic mass is 10.1. The first-order valence-electron chi connectivity index (χ1n) is 9.10. The monoisotopic (exact) mass is 471 g/mol. The molecule has 1 N–H and O–H groups in total. The Kier molecular flexibility index (Phi) is 5.84. The highest BCUT2D eigenvalue weighted by atomic mass is 35.5. The fourth-order valence-corrected chi connectivity index (χ4v) is 4.43. The zero-order valence-corrected chi connectivity index (χ0v) is 18.0. The summed E-state index contributed by atoms with van der Waals surface area (Å²) < 4.78 is 6.82. The predicted octanol–water partition coefficient (Wildman–Crippen LogP) is 4.14. The number of hydrogen-bond donors (Lipinski definition) is 1. The summed E-state index contributed by atoms with van der Waals surface area (Å²) in [5.74, 6) is -1.30. The summed E-state index contributed by atoms with van der Waals surface area (Å²) in [5, 5.41) is 18.3. The molecular formula is C20H14ClN5O5S. The van der Waals surface area contributed by atoms with Crippen LogP contribution in [0.4, 0.5) is 11.6 Å². The van der Waals surface area contributed by atoms with E-state index < -0.39 is 16.8 Å². The normalized spacial score (nSPS) is 10.8. The van der Waals surface area contributed by atoms with Gasteiger partial charge in [0.15, 0.2) is 0 Å². The van der Waals surface area contributed by atoms with Crippen molar-refractivity contribution in [1.29, 1.82) is 0 Å². The number of benzene rings is 2. The number of fused-ring (bicyclic) bond motifs is 1. The van der Waals surface area contributed by atoms with Gasteiger partial charge in [0.05, 0.1) is 18.7 Å². The van der Waals surface area contributed by atoms with Crippen molar-refractivity contribution in [2.45, 2.75) is 6.54 Å². The Morgan fingerprint density at radius 2 is 2.00 bits per heavy atom. The summed E-state index contributed by atoms with van der Waals surface area (Å²) in [6, 6.07) is 11.9. The molecule has 10 nitrogen and oxygen atoms in total. The molecule has 2 aromatic carbocycles. The van der Waals surface area contributed by atoms with E-state index in [0.717, 1.165) is 10.3 Å². The standard InChI is InChI=1S/C20H14ClN5O5S/c1-31-19(28)17-16(21)14-7-6-13(8-15(14)32-17)23-18(27)12-4-2-11(3-5-12)9-25-10-22-20(24-25)26(29)30/h2-8,10H,9H2,1H3,(H,23,27). The third kappa shape index (κ3) is 4.29. The minimum absolute atomic E-state index is 0.279. The van der Waals surface area contributed by atoms with Crippen molar-refractivity contribution in [1.82, 2.24) is 14.8 Å². The van der Waals surface area contributed by atoms with Crippen LogP contribution in [0.25, 0.3) is 10.1 Å². The molecule has 0 unspecified atom stereocenters. The van der Waals surface area contributed by atoms with E-state index in [4.69, 9.17) is 16.3 Å². The van der Waals surface area contributed by atoms with Gasteiger partial charge in [-0.25, -0.2) is 4.79 Å². The van der Waals surface area contributed by atoms with Crippen LogP contribution in [0.5, 0.6) is 0 Å². The van der Waals surface area contributed by atoms with Crippen LogP contribution in [-0.4, -0.2) is 38.7 Å². The number of nitrogens with one attached hydrogen (secondary N) is 1. The van der Waals surface area contributed by atoms with Gasteiger partial charge in [-0.15, -0.1) is 11.3 Å². The van der Waals surface area contributed by atoms with Crippen LogP contribution in [0.2, 0.25) is 5.02 Å². The molecule has 0 radical (unpaired) electrons. The second-order valence-corrected chi connectivity index (χ2v) is 8.03. The number of thiophene rings is 1. The van der Waals surface area contributed by atoms with Gasteiger partial charge in [-0.3, -0.25) is 4.79 Å². The number of ether oxygens (including phenoxy) is 1. The summed E-state index contributed by atoms with van der Waals surface area (Å²) >= 11 is 7.44. The Morgan fingerprint density at radius 1 is 1.25 bits per heavy atom. The number of hydrogen-bond acceptors (Lipinski definition) is 8. The Balaban J connectivity index is 1.46. The first kappa shape index (κ1) is 21.4. The van der Waals surface area contributed by atoms with Crippen LogP contribution in [0.1, 0.15) is 25.6 Å². The summed E-state index contributed by atoms with van der Waals surface area (Å²) in [4.78, 5) is 38.3. The lowest BCUT2D eigenvalue weighted by Crippen LogP contribution is -2.12. The molecule has 0 saturated carbocycles. The van der Waals surface area contributed by atoms with E-state index in [9.17, 15) is 19.7 Å². The fourth-order valence-electron chi connectivity index (χ4n) is 2.96. The number of nitrogens with zero attached hydrogens (tertiary/aromatic N) is 4. The molecule has 0 aliphatic heterocycles. The summed E-state index contributed by atoms with van der Waals surface area (Å²) in [6.45, 7) is 0.279. The number of carbonyl (C=O) groups excluding carboxylic acids is 2. The maximum Gasteiger partial charge on any atom is 0.490 e. The molecule has 4 rings (SSSR count). The van der Waals surface area contributed by atoms with Crippen LogP contribution in [0.15, 0.2) is 48.8 Å². The molecule has 0 fully saturated rings. The topological polar surface area (TPSA) is 129 Å². The second-order valence-electron chi connectivity index (χ2n) is 6.60. The highest BCUT2D eigenvalue weighted by molar-refractivity contribution is 7.21. The highest BCUT2D eigenvalue weighted by Gasteiger charge is 2.18. The average Bonchev–Trinajstić information content (AvgIpc) is 3.38. The van der Waals surface area contributed by atoms with Crippen molar-refractivity contribution in [2.75, 3.05) is 12.4 Å². The van der Waals surface area contributed by atoms with Crippen LogP contribution < -0.4 is 5.32 Å². The molecule has 0 bridgehead atoms. The molecule has 0 spiro atoms. The van der Waals surface area contributed by atoms with Gasteiger partial charge in [0.25, 0.3) is 5.91 Å². The maximum atomic E-state index is 12.6. The molecule has 0 atom stereocenters. The molecule has 0 saturated heterocycles. The first-order valence-corrected chi connectivity index (χ1v) is 10.3. The molecule has 0 aliphatic rings. The molecule has 0 aliphatic carbocycles. The van der Waals surface area contributed by atoms with E-state index in [1.165, 1.54) is 29.5 Å². The van der Waals surface area contributed by atoms with Crippen molar-refractivity contribution in [2.24, 2.45) is 0 Å². The van der Waals surface area contributed by atoms with Crippen molar-refractivity contribution in [3.05, 3.63) is 79.9 Å². The van der Waals surface area contributed by atoms with Crippen molar-refractivity contribution >= 4 is 56.5 Å². The van der Waals surface area contributed by atoms with Gasteiger partial charge in [-0.2, -0.15) is 4.68 Å². The molecule has 2 heterocycles. The third-order valence-corrected chi connectivity index (χ3v) is 6.14. The first-order chi connectivity index (χ1) is 15.4. The maximum absolute atomic E-state index is 12.6. The van der Waals surface area contributed by atoms with Crippen molar-refractivity contribution in [3.63, 3.8) is 0 Å². The van der Waals surface area contributed by atoms with Crippen molar-refractivity contribution in [3.8, 4) is 0 Å². The predicted molar refractivity (Wildman–Crippen MR) is 118 cm³/mol. The minimum atomic E-state index is -0.665. The van der Waals surface area contributed by atoms with Crippen LogP contribution >= 0.6 is 22.9 Å². The van der Waals surface area contributed by atoms with Gasteiger partial charge < -0.3 is 20.2 Å². The number of halogens is 1. The largest absolute Gasteiger partial charge is 0.490 e. The highest BCUT2D eigenvalue weighted by Crippen LogP contribution is 2.37. The van der Waals surface area contributed by atoms with Crippen LogP contribution in [0.3, 0.4) is 0 Å². The number of nitro groups is 1. The smallest absolute Gasteiger partial charge is 0.465 e. The second kappa shape index (κ2) is 8.73. The molecule has 2 aromatic heterocycles. The van der Waals surface area contributed by atoms with E-state index >= 15 is 0 Å². The number of rotatable bonds is 6. The molecule has 1 amide bonds. The average molecular weight is 472 g/mol.